The minimum atomic E-state index is -0.611. The van der Waals surface area contributed by atoms with Crippen molar-refractivity contribution >= 4 is 22.9 Å². The predicted octanol–water partition coefficient (Wildman–Crippen LogP) is 1.81. The number of nitrogens with zero attached hydrogens (tertiary/aromatic N) is 2. The van der Waals surface area contributed by atoms with Crippen molar-refractivity contribution < 1.29 is 4.79 Å². The average molecular weight is 247 g/mol. The summed E-state index contributed by atoms with van der Waals surface area (Å²) in [4.78, 5) is 18.5. The van der Waals surface area contributed by atoms with E-state index in [1.165, 1.54) is 16.2 Å². The molecular formula is C12H13N3OS. The van der Waals surface area contributed by atoms with Gasteiger partial charge in [-0.3, -0.25) is 9.78 Å². The number of hydrogen-bond donors (Lipinski definition) is 1. The summed E-state index contributed by atoms with van der Waals surface area (Å²) in [5, 5.41) is 1.91. The molecule has 5 heteroatoms. The van der Waals surface area contributed by atoms with Crippen molar-refractivity contribution in [1.29, 1.82) is 0 Å². The fourth-order valence-corrected chi connectivity index (χ4v) is 2.20. The van der Waals surface area contributed by atoms with Gasteiger partial charge in [-0.2, -0.15) is 0 Å². The molecule has 0 saturated heterocycles. The Morgan fingerprint density at radius 2 is 2.29 bits per heavy atom. The van der Waals surface area contributed by atoms with Crippen LogP contribution in [0.15, 0.2) is 42.0 Å². The van der Waals surface area contributed by atoms with Crippen LogP contribution in [0.3, 0.4) is 0 Å². The third kappa shape index (κ3) is 2.51. The van der Waals surface area contributed by atoms with E-state index in [1.54, 1.807) is 25.5 Å². The van der Waals surface area contributed by atoms with Crippen LogP contribution in [0.4, 0.5) is 5.69 Å². The first-order valence-electron chi connectivity index (χ1n) is 5.16. The molecule has 2 aromatic rings. The van der Waals surface area contributed by atoms with Crippen molar-refractivity contribution in [2.24, 2.45) is 5.73 Å². The summed E-state index contributed by atoms with van der Waals surface area (Å²) in [6.45, 7) is 0. The summed E-state index contributed by atoms with van der Waals surface area (Å²) >= 11 is 1.48. The Bertz CT molecular complexity index is 484. The van der Waals surface area contributed by atoms with Gasteiger partial charge in [0.05, 0.1) is 11.9 Å². The second-order valence-electron chi connectivity index (χ2n) is 3.60. The molecular weight excluding hydrogens is 234 g/mol. The number of anilines is 1. The van der Waals surface area contributed by atoms with Crippen molar-refractivity contribution in [2.45, 2.75) is 6.04 Å². The lowest BCUT2D eigenvalue weighted by Crippen LogP contribution is -2.35. The summed E-state index contributed by atoms with van der Waals surface area (Å²) < 4.78 is 0. The van der Waals surface area contributed by atoms with E-state index in [1.807, 2.05) is 23.6 Å². The first kappa shape index (κ1) is 11.8. The van der Waals surface area contributed by atoms with Crippen LogP contribution in [0.2, 0.25) is 0 Å². The maximum atomic E-state index is 12.1. The van der Waals surface area contributed by atoms with Gasteiger partial charge in [-0.15, -0.1) is 11.3 Å². The SMILES string of the molecule is CN(C(=O)C(N)c1cccs1)c1cccnc1. The molecule has 1 unspecified atom stereocenters. The molecule has 17 heavy (non-hydrogen) atoms. The Morgan fingerprint density at radius 1 is 1.47 bits per heavy atom. The lowest BCUT2D eigenvalue weighted by Gasteiger charge is -2.20. The second kappa shape index (κ2) is 5.07. The van der Waals surface area contributed by atoms with Gasteiger partial charge >= 0.3 is 0 Å². The van der Waals surface area contributed by atoms with E-state index in [9.17, 15) is 4.79 Å². The van der Waals surface area contributed by atoms with Crippen LogP contribution in [-0.2, 0) is 4.79 Å². The van der Waals surface area contributed by atoms with E-state index in [-0.39, 0.29) is 5.91 Å². The molecule has 0 spiro atoms. The normalized spacial score (nSPS) is 12.1. The molecule has 0 aliphatic heterocycles. The molecule has 0 aromatic carbocycles. The number of carbonyl (C=O) groups is 1. The van der Waals surface area contributed by atoms with Crippen molar-refractivity contribution in [1.82, 2.24) is 4.98 Å². The van der Waals surface area contributed by atoms with Crippen molar-refractivity contribution in [2.75, 3.05) is 11.9 Å². The number of carbonyl (C=O) groups excluding carboxylic acids is 1. The topological polar surface area (TPSA) is 59.2 Å². The zero-order valence-electron chi connectivity index (χ0n) is 9.41. The zero-order valence-corrected chi connectivity index (χ0v) is 10.2. The van der Waals surface area contributed by atoms with E-state index >= 15 is 0 Å². The minimum Gasteiger partial charge on any atom is -0.316 e. The quantitative estimate of drug-likeness (QED) is 0.899. The number of rotatable bonds is 3. The zero-order chi connectivity index (χ0) is 12.3. The van der Waals surface area contributed by atoms with Crippen molar-refractivity contribution in [3.8, 4) is 0 Å². The van der Waals surface area contributed by atoms with E-state index in [0.29, 0.717) is 0 Å². The van der Waals surface area contributed by atoms with Crippen LogP contribution in [0.25, 0.3) is 0 Å². The minimum absolute atomic E-state index is 0.138. The molecule has 2 N–H and O–H groups in total. The Balaban J connectivity index is 2.16. The van der Waals surface area contributed by atoms with Gasteiger partial charge in [-0.1, -0.05) is 6.07 Å². The van der Waals surface area contributed by atoms with Crippen LogP contribution < -0.4 is 10.6 Å². The van der Waals surface area contributed by atoms with Gasteiger partial charge in [0.2, 0.25) is 5.91 Å². The number of amides is 1. The number of likely N-dealkylation sites (N-methyl/N-ethyl adjacent to an activating group) is 1. The largest absolute Gasteiger partial charge is 0.316 e. The molecule has 0 saturated carbocycles. The molecule has 1 atom stereocenters. The van der Waals surface area contributed by atoms with Gasteiger partial charge in [0.1, 0.15) is 6.04 Å². The molecule has 0 radical (unpaired) electrons. The fraction of sp³-hybridized carbons (Fsp3) is 0.167. The third-order valence-electron chi connectivity index (χ3n) is 2.48. The predicted molar refractivity (Wildman–Crippen MR) is 68.9 cm³/mol. The maximum Gasteiger partial charge on any atom is 0.249 e. The number of nitrogens with two attached hydrogens (primary N) is 1. The van der Waals surface area contributed by atoms with Crippen LogP contribution in [0.1, 0.15) is 10.9 Å². The number of hydrogen-bond acceptors (Lipinski definition) is 4. The lowest BCUT2D eigenvalue weighted by molar-refractivity contribution is -0.119. The summed E-state index contributed by atoms with van der Waals surface area (Å²) in [6.07, 6.45) is 3.31. The van der Waals surface area contributed by atoms with Crippen LogP contribution >= 0.6 is 11.3 Å². The summed E-state index contributed by atoms with van der Waals surface area (Å²) in [5.41, 5.74) is 6.66. The van der Waals surface area contributed by atoms with Gasteiger partial charge in [0.25, 0.3) is 0 Å². The van der Waals surface area contributed by atoms with E-state index in [2.05, 4.69) is 4.98 Å². The molecule has 2 aromatic heterocycles. The highest BCUT2D eigenvalue weighted by molar-refractivity contribution is 7.10. The molecule has 0 fully saturated rings. The van der Waals surface area contributed by atoms with Crippen LogP contribution in [0.5, 0.6) is 0 Å². The average Bonchev–Trinajstić information content (AvgIpc) is 2.91. The lowest BCUT2D eigenvalue weighted by atomic mass is 10.2. The van der Waals surface area contributed by atoms with Gasteiger partial charge in [-0.05, 0) is 23.6 Å². The van der Waals surface area contributed by atoms with E-state index in [0.717, 1.165) is 10.6 Å². The number of aromatic nitrogens is 1. The number of thiophene rings is 1. The van der Waals surface area contributed by atoms with E-state index < -0.39 is 6.04 Å². The maximum absolute atomic E-state index is 12.1. The van der Waals surface area contributed by atoms with Gasteiger partial charge in [0, 0.05) is 18.1 Å². The highest BCUT2D eigenvalue weighted by Crippen LogP contribution is 2.20. The Labute approximate surface area is 104 Å². The monoisotopic (exact) mass is 247 g/mol. The van der Waals surface area contributed by atoms with Crippen molar-refractivity contribution in [3.05, 3.63) is 46.9 Å². The smallest absolute Gasteiger partial charge is 0.249 e. The summed E-state index contributed by atoms with van der Waals surface area (Å²) in [5.74, 6) is -0.138. The second-order valence-corrected chi connectivity index (χ2v) is 4.58. The van der Waals surface area contributed by atoms with Gasteiger partial charge in [0.15, 0.2) is 0 Å². The Kier molecular flexibility index (Phi) is 3.51. The summed E-state index contributed by atoms with van der Waals surface area (Å²) in [7, 11) is 1.70. The molecule has 0 aliphatic rings. The Hall–Kier alpha value is -1.72. The fourth-order valence-electron chi connectivity index (χ4n) is 1.48. The van der Waals surface area contributed by atoms with E-state index in [4.69, 9.17) is 5.73 Å². The molecule has 2 heterocycles. The van der Waals surface area contributed by atoms with Gasteiger partial charge in [-0.25, -0.2) is 0 Å². The molecule has 1 amide bonds. The molecule has 0 bridgehead atoms. The third-order valence-corrected chi connectivity index (χ3v) is 3.43. The van der Waals surface area contributed by atoms with Crippen molar-refractivity contribution in [3.63, 3.8) is 0 Å². The molecule has 88 valence electrons. The van der Waals surface area contributed by atoms with Crippen LogP contribution in [0, 0.1) is 0 Å². The molecule has 0 aliphatic carbocycles. The summed E-state index contributed by atoms with van der Waals surface area (Å²) in [6, 6.07) is 6.75. The number of pyridine rings is 1. The first-order valence-corrected chi connectivity index (χ1v) is 6.04. The molecule has 2 rings (SSSR count). The van der Waals surface area contributed by atoms with Crippen LogP contribution in [-0.4, -0.2) is 17.9 Å². The molecule has 4 nitrogen and oxygen atoms in total. The highest BCUT2D eigenvalue weighted by Gasteiger charge is 2.21. The Morgan fingerprint density at radius 3 is 2.88 bits per heavy atom. The van der Waals surface area contributed by atoms with Gasteiger partial charge < -0.3 is 10.6 Å². The highest BCUT2D eigenvalue weighted by atomic mass is 32.1. The first-order chi connectivity index (χ1) is 8.20. The standard InChI is InChI=1S/C12H13N3OS/c1-15(9-4-2-6-14-8-9)12(16)11(13)10-5-3-7-17-10/h2-8,11H,13H2,1H3.